The molecule has 1 aromatic heterocycles. The van der Waals surface area contributed by atoms with Gasteiger partial charge in [-0.15, -0.1) is 0 Å². The zero-order valence-corrected chi connectivity index (χ0v) is 12.1. The molecule has 2 N–H and O–H groups in total. The first-order valence-corrected chi connectivity index (χ1v) is 7.20. The van der Waals surface area contributed by atoms with Crippen molar-refractivity contribution in [2.75, 3.05) is 25.2 Å². The number of hydrogen-bond acceptors (Lipinski definition) is 2. The zero-order chi connectivity index (χ0) is 14.8. The fourth-order valence-corrected chi connectivity index (χ4v) is 2.70. The van der Waals surface area contributed by atoms with E-state index in [-0.39, 0.29) is 12.4 Å². The Hall–Kier alpha value is -2.23. The van der Waals surface area contributed by atoms with Gasteiger partial charge in [-0.2, -0.15) is 0 Å². The quantitative estimate of drug-likeness (QED) is 0.690. The van der Waals surface area contributed by atoms with Crippen LogP contribution in [0.4, 0.5) is 10.1 Å². The lowest BCUT2D eigenvalue weighted by Gasteiger charge is -2.19. The number of anilines is 1. The highest BCUT2D eigenvalue weighted by atomic mass is 19.1. The predicted octanol–water partition coefficient (Wildman–Crippen LogP) is 4.21. The molecule has 3 aromatic rings. The Morgan fingerprint density at radius 1 is 1.05 bits per heavy atom. The summed E-state index contributed by atoms with van der Waals surface area (Å²) in [6, 6.07) is 11.6. The number of benzene rings is 2. The second kappa shape index (κ2) is 5.64. The Labute approximate surface area is 123 Å². The van der Waals surface area contributed by atoms with Crippen molar-refractivity contribution in [3.63, 3.8) is 0 Å². The monoisotopic (exact) mass is 286 g/mol. The van der Waals surface area contributed by atoms with Crippen LogP contribution in [0.5, 0.6) is 5.75 Å². The molecule has 110 valence electrons. The molecule has 0 bridgehead atoms. The number of aromatic nitrogens is 1. The maximum atomic E-state index is 12.2. The fourth-order valence-electron chi connectivity index (χ4n) is 2.70. The van der Waals surface area contributed by atoms with Gasteiger partial charge in [-0.25, -0.2) is 0 Å². The SMILES string of the molecule is CN(CCCCF)c1ccc2c(c1)[nH]c1cc(O)ccc12. The third-order valence-corrected chi connectivity index (χ3v) is 3.88. The van der Waals surface area contributed by atoms with Crippen molar-refractivity contribution in [2.24, 2.45) is 0 Å². The van der Waals surface area contributed by atoms with E-state index in [1.165, 1.54) is 0 Å². The van der Waals surface area contributed by atoms with Gasteiger partial charge in [-0.3, -0.25) is 4.39 Å². The molecule has 0 aliphatic heterocycles. The van der Waals surface area contributed by atoms with Crippen LogP contribution in [0.2, 0.25) is 0 Å². The van der Waals surface area contributed by atoms with Gasteiger partial charge in [-0.1, -0.05) is 6.07 Å². The maximum Gasteiger partial charge on any atom is 0.117 e. The normalized spacial score (nSPS) is 11.3. The van der Waals surface area contributed by atoms with E-state index in [0.717, 1.165) is 40.5 Å². The van der Waals surface area contributed by atoms with Gasteiger partial charge in [0.2, 0.25) is 0 Å². The van der Waals surface area contributed by atoms with Crippen molar-refractivity contribution < 1.29 is 9.50 Å². The number of halogens is 1. The van der Waals surface area contributed by atoms with Gasteiger partial charge in [0.05, 0.1) is 12.2 Å². The Morgan fingerprint density at radius 2 is 1.76 bits per heavy atom. The minimum Gasteiger partial charge on any atom is -0.508 e. The van der Waals surface area contributed by atoms with E-state index in [1.807, 2.05) is 13.1 Å². The van der Waals surface area contributed by atoms with Crippen LogP contribution in [0.3, 0.4) is 0 Å². The minimum atomic E-state index is -0.252. The topological polar surface area (TPSA) is 39.3 Å². The van der Waals surface area contributed by atoms with Crippen LogP contribution >= 0.6 is 0 Å². The largest absolute Gasteiger partial charge is 0.508 e. The number of hydrogen-bond donors (Lipinski definition) is 2. The summed E-state index contributed by atoms with van der Waals surface area (Å²) in [6.45, 7) is 0.592. The molecule has 0 saturated carbocycles. The highest BCUT2D eigenvalue weighted by Crippen LogP contribution is 2.30. The molecule has 0 aliphatic carbocycles. The summed E-state index contributed by atoms with van der Waals surface area (Å²) in [6.07, 6.45) is 1.46. The highest BCUT2D eigenvalue weighted by molar-refractivity contribution is 6.08. The summed E-state index contributed by atoms with van der Waals surface area (Å²) < 4.78 is 12.2. The number of fused-ring (bicyclic) bond motifs is 3. The summed E-state index contributed by atoms with van der Waals surface area (Å²) in [5.41, 5.74) is 3.09. The molecular weight excluding hydrogens is 267 g/mol. The number of unbranched alkanes of at least 4 members (excludes halogenated alkanes) is 1. The molecular formula is C17H19FN2O. The number of H-pyrrole nitrogens is 1. The smallest absolute Gasteiger partial charge is 0.117 e. The first-order valence-electron chi connectivity index (χ1n) is 7.20. The Bertz CT molecular complexity index is 766. The number of aromatic amines is 1. The molecule has 0 radical (unpaired) electrons. The number of nitrogens with zero attached hydrogens (tertiary/aromatic N) is 1. The van der Waals surface area contributed by atoms with Crippen LogP contribution in [0, 0.1) is 0 Å². The van der Waals surface area contributed by atoms with Crippen LogP contribution in [0.1, 0.15) is 12.8 Å². The van der Waals surface area contributed by atoms with Crippen LogP contribution in [0.25, 0.3) is 21.8 Å². The molecule has 0 aliphatic rings. The van der Waals surface area contributed by atoms with Crippen LogP contribution in [-0.2, 0) is 0 Å². The summed E-state index contributed by atoms with van der Waals surface area (Å²) in [7, 11) is 2.02. The lowest BCUT2D eigenvalue weighted by molar-refractivity contribution is 0.463. The van der Waals surface area contributed by atoms with Gasteiger partial charge < -0.3 is 15.0 Å². The number of rotatable bonds is 5. The molecule has 3 nitrogen and oxygen atoms in total. The number of nitrogens with one attached hydrogen (secondary N) is 1. The summed E-state index contributed by atoms with van der Waals surface area (Å²) in [5, 5.41) is 11.8. The van der Waals surface area contributed by atoms with E-state index < -0.39 is 0 Å². The number of alkyl halides is 1. The highest BCUT2D eigenvalue weighted by Gasteiger charge is 2.07. The van der Waals surface area contributed by atoms with Gasteiger partial charge in [-0.05, 0) is 37.1 Å². The van der Waals surface area contributed by atoms with Crippen LogP contribution < -0.4 is 4.90 Å². The first-order chi connectivity index (χ1) is 10.2. The van der Waals surface area contributed by atoms with Crippen molar-refractivity contribution in [3.8, 4) is 5.75 Å². The number of phenolic OH excluding ortho intramolecular Hbond substituents is 1. The summed E-state index contributed by atoms with van der Waals surface area (Å²) in [5.74, 6) is 0.262. The minimum absolute atomic E-state index is 0.252. The molecule has 0 unspecified atom stereocenters. The first kappa shape index (κ1) is 13.7. The van der Waals surface area contributed by atoms with Crippen LogP contribution in [-0.4, -0.2) is 30.4 Å². The molecule has 0 spiro atoms. The summed E-state index contributed by atoms with van der Waals surface area (Å²) >= 11 is 0. The lowest BCUT2D eigenvalue weighted by atomic mass is 10.1. The maximum absolute atomic E-state index is 12.2. The zero-order valence-electron chi connectivity index (χ0n) is 12.1. The Kier molecular flexibility index (Phi) is 3.69. The van der Waals surface area contributed by atoms with Crippen molar-refractivity contribution in [1.82, 2.24) is 4.98 Å². The molecule has 21 heavy (non-hydrogen) atoms. The molecule has 2 aromatic carbocycles. The van der Waals surface area contributed by atoms with Crippen molar-refractivity contribution in [3.05, 3.63) is 36.4 Å². The molecule has 3 rings (SSSR count). The third-order valence-electron chi connectivity index (χ3n) is 3.88. The van der Waals surface area contributed by atoms with E-state index in [4.69, 9.17) is 0 Å². The fraction of sp³-hybridized carbons (Fsp3) is 0.294. The van der Waals surface area contributed by atoms with E-state index in [0.29, 0.717) is 6.42 Å². The van der Waals surface area contributed by atoms with E-state index >= 15 is 0 Å². The van der Waals surface area contributed by atoms with Crippen molar-refractivity contribution in [1.29, 1.82) is 0 Å². The average molecular weight is 286 g/mol. The lowest BCUT2D eigenvalue weighted by Crippen LogP contribution is -2.18. The molecule has 0 saturated heterocycles. The van der Waals surface area contributed by atoms with Crippen LogP contribution in [0.15, 0.2) is 36.4 Å². The standard InChI is InChI=1S/C17H19FN2O/c1-20(9-3-2-8-18)12-4-6-14-15-7-5-13(21)11-17(15)19-16(14)10-12/h4-7,10-11,19,21H,2-3,8-9H2,1H3. The Morgan fingerprint density at radius 3 is 2.52 bits per heavy atom. The van der Waals surface area contributed by atoms with Gasteiger partial charge in [0.15, 0.2) is 0 Å². The number of aromatic hydroxyl groups is 1. The third kappa shape index (κ3) is 2.66. The van der Waals surface area contributed by atoms with E-state index in [9.17, 15) is 9.50 Å². The van der Waals surface area contributed by atoms with Gasteiger partial charge in [0, 0.05) is 41.6 Å². The van der Waals surface area contributed by atoms with Gasteiger partial charge in [0.25, 0.3) is 0 Å². The van der Waals surface area contributed by atoms with Gasteiger partial charge >= 0.3 is 0 Å². The number of phenols is 1. The molecule has 1 heterocycles. The molecule has 0 fully saturated rings. The predicted molar refractivity (Wildman–Crippen MR) is 85.9 cm³/mol. The second-order valence-corrected chi connectivity index (χ2v) is 5.40. The Balaban J connectivity index is 1.94. The van der Waals surface area contributed by atoms with E-state index in [1.54, 1.807) is 12.1 Å². The molecule has 0 amide bonds. The van der Waals surface area contributed by atoms with Crippen molar-refractivity contribution in [2.45, 2.75) is 12.8 Å². The summed E-state index contributed by atoms with van der Waals surface area (Å²) in [4.78, 5) is 5.47. The molecule has 0 atom stereocenters. The molecule has 4 heteroatoms. The van der Waals surface area contributed by atoms with Gasteiger partial charge in [0.1, 0.15) is 5.75 Å². The van der Waals surface area contributed by atoms with E-state index in [2.05, 4.69) is 28.1 Å². The second-order valence-electron chi connectivity index (χ2n) is 5.40. The average Bonchev–Trinajstić information content (AvgIpc) is 2.83. The van der Waals surface area contributed by atoms with Crippen molar-refractivity contribution >= 4 is 27.5 Å².